The summed E-state index contributed by atoms with van der Waals surface area (Å²) >= 11 is 5.40. The van der Waals surface area contributed by atoms with E-state index in [1.807, 2.05) is 218 Å². The average molecular weight is 1950 g/mol. The van der Waals surface area contributed by atoms with Crippen LogP contribution in [0.15, 0.2) is 467 Å². The highest BCUT2D eigenvalue weighted by Crippen LogP contribution is 2.50. The molecule has 148 heavy (non-hydrogen) atoms. The zero-order valence-corrected chi connectivity index (χ0v) is 81.2. The van der Waals surface area contributed by atoms with Crippen LogP contribution in [0, 0.1) is 0 Å². The number of benzene rings is 19. The number of aromatic nitrogens is 17. The largest absolute Gasteiger partial charge is 0.292 e. The molecule has 17 nitrogen and oxygen atoms in total. The first-order chi connectivity index (χ1) is 73.4. The van der Waals surface area contributed by atoms with Gasteiger partial charge in [0.1, 0.15) is 11.6 Å². The Morgan fingerprint density at radius 3 is 0.784 bits per heavy atom. The summed E-state index contributed by atoms with van der Waals surface area (Å²) < 4.78 is 18.4. The van der Waals surface area contributed by atoms with E-state index in [2.05, 4.69) is 289 Å². The lowest BCUT2D eigenvalue weighted by atomic mass is 10.1. The molecule has 0 saturated carbocycles. The van der Waals surface area contributed by atoms with Crippen molar-refractivity contribution in [3.8, 4) is 120 Å². The normalized spacial score (nSPS) is 11.8. The minimum Gasteiger partial charge on any atom is -0.292 e. The van der Waals surface area contributed by atoms with E-state index in [1.54, 1.807) is 22.7 Å². The monoisotopic (exact) mass is 1950 g/mol. The van der Waals surface area contributed by atoms with Crippen LogP contribution in [0.25, 0.3) is 279 Å². The predicted molar refractivity (Wildman–Crippen MR) is 609 cm³/mol. The van der Waals surface area contributed by atoms with Crippen molar-refractivity contribution in [1.29, 1.82) is 0 Å². The topological polar surface area (TPSA) is 179 Å². The fourth-order valence-electron chi connectivity index (χ4n) is 21.1. The number of fused-ring (bicyclic) bond motifs is 24. The maximum Gasteiger partial charge on any atom is 0.238 e. The number of hydrogen-bond acceptors (Lipinski definition) is 15. The molecule has 0 spiro atoms. The fraction of sp³-hybridized carbons (Fsp3) is 0. The number of thiophene rings is 3. The number of imidazole rings is 2. The molecular weight excluding hydrogens is 1870 g/mol. The van der Waals surface area contributed by atoms with E-state index in [0.29, 0.717) is 52.8 Å². The molecule has 0 bridgehead atoms. The molecule has 0 saturated heterocycles. The minimum absolute atomic E-state index is 0.587. The predicted octanol–water partition coefficient (Wildman–Crippen LogP) is 32.6. The Balaban J connectivity index is 0.000000105. The van der Waals surface area contributed by atoms with Gasteiger partial charge in [0.05, 0.1) is 74.8 Å². The van der Waals surface area contributed by atoms with Gasteiger partial charge in [-0.15, -0.1) is 34.0 Å². The number of rotatable bonds is 13. The summed E-state index contributed by atoms with van der Waals surface area (Å²) in [5.74, 6) is 7.45. The second-order valence-corrected chi connectivity index (χ2v) is 39.7. The van der Waals surface area contributed by atoms with Gasteiger partial charge >= 0.3 is 0 Å². The Hall–Kier alpha value is -19.4. The van der Waals surface area contributed by atoms with E-state index in [4.69, 9.17) is 54.8 Å². The lowest BCUT2D eigenvalue weighted by molar-refractivity contribution is 0.955. The van der Waals surface area contributed by atoms with Gasteiger partial charge in [0.25, 0.3) is 0 Å². The van der Waals surface area contributed by atoms with Crippen molar-refractivity contribution < 1.29 is 0 Å². The molecule has 0 atom stereocenters. The summed E-state index contributed by atoms with van der Waals surface area (Å²) in [6.07, 6.45) is 1.85. The number of nitrogens with zero attached hydrogens (tertiary/aromatic N) is 17. The van der Waals surface area contributed by atoms with Gasteiger partial charge in [-0.05, 0) is 84.9 Å². The third-order valence-corrected chi connectivity index (χ3v) is 31.4. The van der Waals surface area contributed by atoms with Crippen LogP contribution in [0.4, 0.5) is 0 Å². The SMILES string of the molecule is c1ccc(-c2nc(-c3ccccc3)nc(-n3c4ccccc4c4ccc5c6cc7c(cc6sc5c43)nc(-c3ccccc3)n7-c3ccccc3)n2)cc1.c1ccc(-c2nc(-c3ccccc3)nc(-n3c4ccccc4c4ccc5c6cc7cccnc7cc6sc5c43)n2)cc1.c1ccc(-c2nc(-c3ccccc3)nc(-n3c4ccccc4c4ccc5c6cc7nc(-c8ccccc8)n(-c8ccccc8)c7cc6sc5c43)n2)cc1. The first kappa shape index (κ1) is 85.4. The molecule has 0 N–H and O–H groups in total. The summed E-state index contributed by atoms with van der Waals surface area (Å²) in [5, 5.41) is 15.3. The molecule has 0 amide bonds. The third kappa shape index (κ3) is 14.5. The molecule has 0 fully saturated rings. The lowest BCUT2D eigenvalue weighted by Crippen LogP contribution is -2.06. The molecule has 0 aliphatic rings. The molecular formula is C128H77N17S3. The minimum atomic E-state index is 0.587. The Bertz CT molecular complexity index is 10300. The van der Waals surface area contributed by atoms with Crippen molar-refractivity contribution in [2.24, 2.45) is 0 Å². The van der Waals surface area contributed by atoms with Gasteiger partial charge in [0, 0.05) is 146 Å². The molecule has 31 rings (SSSR count). The van der Waals surface area contributed by atoms with Crippen LogP contribution in [0.2, 0.25) is 0 Å². The molecule has 12 aromatic heterocycles. The number of pyridine rings is 1. The second kappa shape index (κ2) is 35.3. The molecule has 0 aliphatic heterocycles. The van der Waals surface area contributed by atoms with E-state index in [9.17, 15) is 0 Å². The first-order valence-corrected chi connectivity index (χ1v) is 51.4. The van der Waals surface area contributed by atoms with Crippen molar-refractivity contribution in [3.05, 3.63) is 467 Å². The molecule has 0 aliphatic carbocycles. The third-order valence-electron chi connectivity index (χ3n) is 27.8. The summed E-state index contributed by atoms with van der Waals surface area (Å²) in [7, 11) is 0. The lowest BCUT2D eigenvalue weighted by Gasteiger charge is -2.11. The van der Waals surface area contributed by atoms with E-state index in [0.717, 1.165) is 155 Å². The van der Waals surface area contributed by atoms with Crippen molar-refractivity contribution >= 4 is 193 Å². The highest BCUT2D eigenvalue weighted by Gasteiger charge is 2.29. The summed E-state index contributed by atoms with van der Waals surface area (Å²) in [6.45, 7) is 0. The van der Waals surface area contributed by atoms with E-state index in [1.165, 1.54) is 71.3 Å². The maximum absolute atomic E-state index is 5.27. The Kier molecular flexibility index (Phi) is 20.4. The molecule has 0 radical (unpaired) electrons. The summed E-state index contributed by atoms with van der Waals surface area (Å²) in [5.41, 5.74) is 21.5. The summed E-state index contributed by atoms with van der Waals surface area (Å²) in [6, 6.07) is 160. The van der Waals surface area contributed by atoms with E-state index < -0.39 is 0 Å². The molecule has 12 heterocycles. The Morgan fingerprint density at radius 2 is 0.439 bits per heavy atom. The molecule has 31 aromatic rings. The smallest absolute Gasteiger partial charge is 0.238 e. The van der Waals surface area contributed by atoms with Gasteiger partial charge in [-0.3, -0.25) is 27.8 Å². The highest BCUT2D eigenvalue weighted by atomic mass is 32.1. The van der Waals surface area contributed by atoms with Gasteiger partial charge < -0.3 is 0 Å². The van der Waals surface area contributed by atoms with Gasteiger partial charge in [0.2, 0.25) is 17.8 Å². The van der Waals surface area contributed by atoms with Crippen LogP contribution in [0.3, 0.4) is 0 Å². The Morgan fingerprint density at radius 1 is 0.169 bits per heavy atom. The van der Waals surface area contributed by atoms with Crippen LogP contribution in [0.5, 0.6) is 0 Å². The van der Waals surface area contributed by atoms with Crippen LogP contribution >= 0.6 is 34.0 Å². The molecule has 20 heteroatoms. The quantitative estimate of drug-likeness (QED) is 0.107. The number of para-hydroxylation sites is 5. The van der Waals surface area contributed by atoms with Gasteiger partial charge in [0.15, 0.2) is 34.9 Å². The van der Waals surface area contributed by atoms with Crippen molar-refractivity contribution in [3.63, 3.8) is 0 Å². The molecule has 0 unspecified atom stereocenters. The first-order valence-electron chi connectivity index (χ1n) is 49.0. The molecule has 692 valence electrons. The van der Waals surface area contributed by atoms with Gasteiger partial charge in [-0.25, -0.2) is 24.9 Å². The van der Waals surface area contributed by atoms with Crippen LogP contribution in [0.1, 0.15) is 0 Å². The second-order valence-electron chi connectivity index (χ2n) is 36.6. The van der Waals surface area contributed by atoms with E-state index >= 15 is 0 Å². The fourth-order valence-corrected chi connectivity index (χ4v) is 24.9. The summed E-state index contributed by atoms with van der Waals surface area (Å²) in [4.78, 5) is 61.0. The average Bonchev–Trinajstić information content (AvgIpc) is 1.55. The molecule has 19 aromatic carbocycles. The highest BCUT2D eigenvalue weighted by molar-refractivity contribution is 7.27. The van der Waals surface area contributed by atoms with Crippen molar-refractivity contribution in [2.75, 3.05) is 0 Å². The van der Waals surface area contributed by atoms with Crippen molar-refractivity contribution in [1.82, 2.24) is 82.6 Å². The van der Waals surface area contributed by atoms with E-state index in [-0.39, 0.29) is 0 Å². The zero-order chi connectivity index (χ0) is 97.4. The van der Waals surface area contributed by atoms with Crippen LogP contribution < -0.4 is 0 Å². The standard InChI is InChI=1S/2C46H28N6S.C36H21N5S/c1-5-15-29(16-6-1)43-48-44(30-17-7-2-8-18-30)50-46(49-43)52-38-24-14-13-23-33(38)34-25-26-35-36-27-39-37(28-40(36)53-42(35)41(34)52)47-45(31-19-9-3-10-20-31)51(39)32-21-11-4-12-22-32;1-5-15-29(16-6-1)43-48-44(30-17-7-2-8-18-30)50-46(49-43)52-38-24-14-13-23-33(38)34-25-26-35-36-27-37-39(28-40(36)53-42(35)41(34)52)51(32-21-11-4-12-22-32)45(47-37)31-19-9-3-10-20-31;1-3-10-22(11-4-1)34-38-35(23-12-5-2-6-13-23)40-36(39-34)41-30-16-8-7-15-25(30)26-17-18-27-28-20-24-14-9-19-37-29(24)21-31(28)42-33(27)32(26)41/h2*1-28H;1-21H. The van der Waals surface area contributed by atoms with Gasteiger partial charge in [-0.2, -0.15) is 29.9 Å². The van der Waals surface area contributed by atoms with Crippen LogP contribution in [-0.4, -0.2) is 82.6 Å². The number of hydrogen-bond donors (Lipinski definition) is 0. The Labute approximate surface area is 856 Å². The zero-order valence-electron chi connectivity index (χ0n) is 78.8. The van der Waals surface area contributed by atoms with Gasteiger partial charge in [-0.1, -0.05) is 376 Å². The van der Waals surface area contributed by atoms with Crippen LogP contribution in [-0.2, 0) is 0 Å². The van der Waals surface area contributed by atoms with Crippen molar-refractivity contribution in [2.45, 2.75) is 0 Å². The maximum atomic E-state index is 5.27.